The Balaban J connectivity index is 1.62. The largest absolute Gasteiger partial charge is 0.488 e. The number of rotatable bonds is 9. The zero-order chi connectivity index (χ0) is 23.8. The van der Waals surface area contributed by atoms with Crippen LogP contribution < -0.4 is 4.74 Å². The molecule has 0 aliphatic heterocycles. The van der Waals surface area contributed by atoms with E-state index in [9.17, 15) is 9.18 Å². The van der Waals surface area contributed by atoms with Crippen molar-refractivity contribution in [2.45, 2.75) is 12.4 Å². The van der Waals surface area contributed by atoms with Crippen molar-refractivity contribution in [1.82, 2.24) is 0 Å². The first-order chi connectivity index (χ1) is 16.6. The van der Waals surface area contributed by atoms with Gasteiger partial charge in [-0.3, -0.25) is 4.79 Å². The van der Waals surface area contributed by atoms with Gasteiger partial charge in [0.2, 0.25) is 0 Å². The Morgan fingerprint density at radius 3 is 2.24 bits per heavy atom. The molecule has 0 N–H and O–H groups in total. The number of ketones is 1. The molecule has 0 radical (unpaired) electrons. The van der Waals surface area contributed by atoms with Crippen LogP contribution in [0.3, 0.4) is 0 Å². The Morgan fingerprint density at radius 2 is 1.50 bits per heavy atom. The van der Waals surface area contributed by atoms with E-state index in [2.05, 4.69) is 15.9 Å². The van der Waals surface area contributed by atoms with Gasteiger partial charge in [0, 0.05) is 21.4 Å². The van der Waals surface area contributed by atoms with Crippen molar-refractivity contribution in [2.75, 3.05) is 0 Å². The smallest absolute Gasteiger partial charge is 0.199 e. The highest BCUT2D eigenvalue weighted by atomic mass is 79.9. The van der Waals surface area contributed by atoms with E-state index in [0.29, 0.717) is 28.6 Å². The van der Waals surface area contributed by atoms with Crippen molar-refractivity contribution in [2.24, 2.45) is 0 Å². The van der Waals surface area contributed by atoms with Gasteiger partial charge in [0.15, 0.2) is 5.78 Å². The summed E-state index contributed by atoms with van der Waals surface area (Å²) in [7, 11) is 0. The second kappa shape index (κ2) is 11.8. The normalized spacial score (nSPS) is 11.3. The fourth-order valence-electron chi connectivity index (χ4n) is 3.27. The molecular weight excluding hydrogens is 511 g/mol. The summed E-state index contributed by atoms with van der Waals surface area (Å²) in [6, 6.07) is 31.3. The maximum atomic E-state index is 13.4. The van der Waals surface area contributed by atoms with Crippen molar-refractivity contribution >= 4 is 39.6 Å². The number of hydrogen-bond donors (Lipinski definition) is 0. The van der Waals surface area contributed by atoms with E-state index in [1.165, 1.54) is 23.9 Å². The van der Waals surface area contributed by atoms with Crippen LogP contribution in [-0.2, 0) is 12.4 Å². The van der Waals surface area contributed by atoms with Gasteiger partial charge in [-0.2, -0.15) is 0 Å². The molecule has 34 heavy (non-hydrogen) atoms. The second-order valence-electron chi connectivity index (χ2n) is 7.57. The van der Waals surface area contributed by atoms with E-state index in [1.54, 1.807) is 24.3 Å². The van der Waals surface area contributed by atoms with Crippen molar-refractivity contribution in [1.29, 1.82) is 0 Å². The molecule has 0 spiro atoms. The maximum absolute atomic E-state index is 13.4. The van der Waals surface area contributed by atoms with Crippen LogP contribution in [0.1, 0.15) is 27.0 Å². The average molecular weight is 533 g/mol. The summed E-state index contributed by atoms with van der Waals surface area (Å²) in [5, 5.41) is 0. The van der Waals surface area contributed by atoms with Crippen molar-refractivity contribution in [3.8, 4) is 5.75 Å². The molecule has 170 valence electrons. The van der Waals surface area contributed by atoms with Crippen LogP contribution >= 0.6 is 27.7 Å². The number of allylic oxidation sites excluding steroid dienone is 1. The van der Waals surface area contributed by atoms with Crippen LogP contribution in [0, 0.1) is 5.82 Å². The van der Waals surface area contributed by atoms with Gasteiger partial charge in [-0.1, -0.05) is 76.6 Å². The summed E-state index contributed by atoms with van der Waals surface area (Å²) >= 11 is 4.85. The Hall–Kier alpha value is -3.15. The number of benzene rings is 4. The number of thioether (sulfide) groups is 1. The first-order valence-electron chi connectivity index (χ1n) is 10.7. The monoisotopic (exact) mass is 532 g/mol. The van der Waals surface area contributed by atoms with E-state index in [1.807, 2.05) is 72.8 Å². The van der Waals surface area contributed by atoms with Gasteiger partial charge in [0.1, 0.15) is 18.2 Å². The molecule has 0 bridgehead atoms. The molecule has 0 aliphatic carbocycles. The van der Waals surface area contributed by atoms with Crippen molar-refractivity contribution in [3.05, 3.63) is 141 Å². The molecule has 4 rings (SSSR count). The molecule has 0 saturated heterocycles. The van der Waals surface area contributed by atoms with Gasteiger partial charge < -0.3 is 4.74 Å². The highest BCUT2D eigenvalue weighted by Crippen LogP contribution is 2.31. The Bertz CT molecular complexity index is 1270. The second-order valence-corrected chi connectivity index (χ2v) is 9.50. The first-order valence-corrected chi connectivity index (χ1v) is 12.5. The highest BCUT2D eigenvalue weighted by molar-refractivity contribution is 9.10. The highest BCUT2D eigenvalue weighted by Gasteiger charge is 2.15. The zero-order valence-corrected chi connectivity index (χ0v) is 20.7. The summed E-state index contributed by atoms with van der Waals surface area (Å²) < 4.78 is 20.3. The summed E-state index contributed by atoms with van der Waals surface area (Å²) in [5.41, 5.74) is 3.43. The van der Waals surface area contributed by atoms with E-state index in [4.69, 9.17) is 4.74 Å². The molecule has 0 saturated carbocycles. The van der Waals surface area contributed by atoms with Crippen LogP contribution in [0.4, 0.5) is 4.39 Å². The third-order valence-electron chi connectivity index (χ3n) is 5.08. The summed E-state index contributed by atoms with van der Waals surface area (Å²) in [6.07, 6.45) is 1.87. The number of carbonyl (C=O) groups is 1. The Morgan fingerprint density at radius 1 is 0.824 bits per heavy atom. The number of Topliss-reactive ketones (excluding diaryl/α,β-unsaturated/α-hetero) is 1. The molecule has 0 aliphatic rings. The fraction of sp³-hybridized carbons (Fsp3) is 0.0690. The number of carbonyl (C=O) groups excluding carboxylic acids is 1. The Kier molecular flexibility index (Phi) is 8.34. The molecule has 4 aromatic rings. The molecule has 0 unspecified atom stereocenters. The zero-order valence-electron chi connectivity index (χ0n) is 18.3. The van der Waals surface area contributed by atoms with E-state index < -0.39 is 0 Å². The molecule has 0 aromatic heterocycles. The molecule has 0 heterocycles. The fourth-order valence-corrected chi connectivity index (χ4v) is 4.50. The number of hydrogen-bond acceptors (Lipinski definition) is 3. The van der Waals surface area contributed by atoms with Gasteiger partial charge in [-0.05, 0) is 59.7 Å². The molecule has 0 fully saturated rings. The van der Waals surface area contributed by atoms with Crippen LogP contribution in [0.25, 0.3) is 6.08 Å². The van der Waals surface area contributed by atoms with Gasteiger partial charge in [-0.25, -0.2) is 4.39 Å². The van der Waals surface area contributed by atoms with Crippen molar-refractivity contribution in [3.63, 3.8) is 0 Å². The van der Waals surface area contributed by atoms with Crippen LogP contribution in [0.5, 0.6) is 5.75 Å². The lowest BCUT2D eigenvalue weighted by atomic mass is 10.1. The molecular formula is C29H22BrFO2S. The minimum absolute atomic E-state index is 0.0718. The molecule has 5 heteroatoms. The lowest BCUT2D eigenvalue weighted by Gasteiger charge is -2.12. The van der Waals surface area contributed by atoms with Gasteiger partial charge >= 0.3 is 0 Å². The van der Waals surface area contributed by atoms with Crippen LogP contribution in [-0.4, -0.2) is 5.78 Å². The molecule has 2 nitrogen and oxygen atoms in total. The Labute approximate surface area is 211 Å². The lowest BCUT2D eigenvalue weighted by molar-refractivity contribution is 0.104. The predicted octanol–water partition coefficient (Wildman–Crippen LogP) is 8.32. The third-order valence-corrected chi connectivity index (χ3v) is 6.70. The molecule has 4 aromatic carbocycles. The van der Waals surface area contributed by atoms with Gasteiger partial charge in [0.25, 0.3) is 0 Å². The number of para-hydroxylation sites is 1. The van der Waals surface area contributed by atoms with Crippen LogP contribution in [0.2, 0.25) is 0 Å². The minimum Gasteiger partial charge on any atom is -0.488 e. The maximum Gasteiger partial charge on any atom is 0.199 e. The number of ether oxygens (including phenoxy) is 1. The third kappa shape index (κ3) is 6.69. The van der Waals surface area contributed by atoms with Gasteiger partial charge in [-0.15, -0.1) is 11.8 Å². The van der Waals surface area contributed by atoms with E-state index >= 15 is 0 Å². The first kappa shape index (κ1) is 24.0. The summed E-state index contributed by atoms with van der Waals surface area (Å²) in [6.45, 7) is 0.435. The molecule has 0 amide bonds. The molecule has 0 atom stereocenters. The van der Waals surface area contributed by atoms with E-state index in [0.717, 1.165) is 21.2 Å². The predicted molar refractivity (Wildman–Crippen MR) is 141 cm³/mol. The SMILES string of the molecule is O=C(/C(=C\c1ccccc1OCc1ccccc1)SCc1ccc(F)cc1)c1ccc(Br)cc1. The van der Waals surface area contributed by atoms with E-state index in [-0.39, 0.29) is 11.6 Å². The summed E-state index contributed by atoms with van der Waals surface area (Å²) in [4.78, 5) is 14.0. The summed E-state index contributed by atoms with van der Waals surface area (Å²) in [5.74, 6) is 0.897. The van der Waals surface area contributed by atoms with Crippen molar-refractivity contribution < 1.29 is 13.9 Å². The lowest BCUT2D eigenvalue weighted by Crippen LogP contribution is -2.02. The number of halogens is 2. The quantitative estimate of drug-likeness (QED) is 0.160. The van der Waals surface area contributed by atoms with Crippen LogP contribution in [0.15, 0.2) is 113 Å². The topological polar surface area (TPSA) is 26.3 Å². The minimum atomic E-state index is -0.278. The standard InChI is InChI=1S/C29H22BrFO2S/c30-25-14-12-23(13-15-25)29(32)28(34-20-22-10-16-26(31)17-11-22)18-24-8-4-5-9-27(24)33-19-21-6-2-1-3-7-21/h1-18H,19-20H2/b28-18+. The van der Waals surface area contributed by atoms with Gasteiger partial charge in [0.05, 0.1) is 4.91 Å². The average Bonchev–Trinajstić information content (AvgIpc) is 2.87.